The third-order valence-corrected chi connectivity index (χ3v) is 2.55. The van der Waals surface area contributed by atoms with E-state index in [9.17, 15) is 13.2 Å². The zero-order valence-electron chi connectivity index (χ0n) is 9.62. The molecule has 2 aromatic rings. The van der Waals surface area contributed by atoms with Gasteiger partial charge in [-0.25, -0.2) is 4.98 Å². The van der Waals surface area contributed by atoms with Crippen molar-refractivity contribution < 1.29 is 13.2 Å². The van der Waals surface area contributed by atoms with Crippen LogP contribution in [0.15, 0.2) is 30.5 Å². The lowest BCUT2D eigenvalue weighted by Gasteiger charge is -2.11. The maximum absolute atomic E-state index is 12.8. The first-order valence-electron chi connectivity index (χ1n) is 5.36. The number of nitrogens with one attached hydrogen (secondary N) is 1. The summed E-state index contributed by atoms with van der Waals surface area (Å²) in [6.07, 6.45) is -3.03. The number of halogens is 3. The normalized spacial score (nSPS) is 13.6. The van der Waals surface area contributed by atoms with Crippen molar-refractivity contribution in [2.24, 2.45) is 5.73 Å². The second-order valence-electron chi connectivity index (χ2n) is 4.01. The fourth-order valence-electron chi connectivity index (χ4n) is 1.67. The molecule has 0 saturated carbocycles. The lowest BCUT2D eigenvalue weighted by atomic mass is 10.1. The van der Waals surface area contributed by atoms with Crippen LogP contribution < -0.4 is 5.73 Å². The number of rotatable bonds is 2. The smallest absolute Gasteiger partial charge is 0.341 e. The number of imidazole rings is 1. The van der Waals surface area contributed by atoms with E-state index in [1.54, 1.807) is 13.0 Å². The summed E-state index contributed by atoms with van der Waals surface area (Å²) in [4.78, 5) is 6.77. The molecule has 2 rings (SSSR count). The molecule has 0 aliphatic rings. The first-order chi connectivity index (χ1) is 8.39. The van der Waals surface area contributed by atoms with Crippen molar-refractivity contribution in [1.82, 2.24) is 9.97 Å². The van der Waals surface area contributed by atoms with Crippen molar-refractivity contribution in [2.45, 2.75) is 19.1 Å². The van der Waals surface area contributed by atoms with Crippen LogP contribution in [0, 0.1) is 0 Å². The van der Waals surface area contributed by atoms with E-state index in [2.05, 4.69) is 9.97 Å². The van der Waals surface area contributed by atoms with E-state index in [0.29, 0.717) is 11.5 Å². The molecule has 3 N–H and O–H groups in total. The minimum atomic E-state index is -4.39. The molecular weight excluding hydrogens is 243 g/mol. The van der Waals surface area contributed by atoms with Gasteiger partial charge in [0, 0.05) is 5.56 Å². The van der Waals surface area contributed by atoms with Gasteiger partial charge in [0.1, 0.15) is 5.82 Å². The van der Waals surface area contributed by atoms with Crippen molar-refractivity contribution in [3.05, 3.63) is 41.9 Å². The molecule has 0 bridgehead atoms. The summed E-state index contributed by atoms with van der Waals surface area (Å²) in [5, 5.41) is 0. The molecule has 1 aromatic carbocycles. The largest absolute Gasteiger partial charge is 0.417 e. The average Bonchev–Trinajstić information content (AvgIpc) is 2.77. The van der Waals surface area contributed by atoms with Gasteiger partial charge in [-0.15, -0.1) is 0 Å². The zero-order valence-corrected chi connectivity index (χ0v) is 9.62. The zero-order chi connectivity index (χ0) is 13.3. The highest BCUT2D eigenvalue weighted by molar-refractivity contribution is 5.64. The molecular formula is C12H12F3N3. The molecule has 3 nitrogen and oxygen atoms in total. The molecule has 0 spiro atoms. The van der Waals surface area contributed by atoms with Gasteiger partial charge in [-0.2, -0.15) is 13.2 Å². The van der Waals surface area contributed by atoms with Crippen LogP contribution in [0.1, 0.15) is 24.4 Å². The number of hydrogen-bond donors (Lipinski definition) is 2. The minimum absolute atomic E-state index is 0.0735. The third kappa shape index (κ3) is 2.38. The average molecular weight is 255 g/mol. The van der Waals surface area contributed by atoms with E-state index in [1.165, 1.54) is 18.3 Å². The summed E-state index contributed by atoms with van der Waals surface area (Å²) >= 11 is 0. The maximum Gasteiger partial charge on any atom is 0.417 e. The van der Waals surface area contributed by atoms with Gasteiger partial charge in [0.05, 0.1) is 23.5 Å². The summed E-state index contributed by atoms with van der Waals surface area (Å²) in [5.41, 5.74) is 5.31. The SMILES string of the molecule is CC(N)c1ncc(-c2ccccc2C(F)(F)F)[nH]1. The van der Waals surface area contributed by atoms with Crippen LogP contribution in [0.2, 0.25) is 0 Å². The molecule has 0 radical (unpaired) electrons. The molecule has 0 saturated heterocycles. The second kappa shape index (κ2) is 4.45. The lowest BCUT2D eigenvalue weighted by Crippen LogP contribution is -2.08. The number of aromatic amines is 1. The predicted molar refractivity (Wildman–Crippen MR) is 61.6 cm³/mol. The molecule has 18 heavy (non-hydrogen) atoms. The van der Waals surface area contributed by atoms with Gasteiger partial charge < -0.3 is 10.7 Å². The summed E-state index contributed by atoms with van der Waals surface area (Å²) in [7, 11) is 0. The minimum Gasteiger partial charge on any atom is -0.341 e. The summed E-state index contributed by atoms with van der Waals surface area (Å²) in [5.74, 6) is 0.460. The van der Waals surface area contributed by atoms with Crippen molar-refractivity contribution in [3.63, 3.8) is 0 Å². The summed E-state index contributed by atoms with van der Waals surface area (Å²) in [6.45, 7) is 1.71. The Morgan fingerprint density at radius 3 is 2.50 bits per heavy atom. The fourth-order valence-corrected chi connectivity index (χ4v) is 1.67. The number of alkyl halides is 3. The van der Waals surface area contributed by atoms with Gasteiger partial charge in [0.15, 0.2) is 0 Å². The third-order valence-electron chi connectivity index (χ3n) is 2.55. The van der Waals surface area contributed by atoms with Gasteiger partial charge in [-0.3, -0.25) is 0 Å². The summed E-state index contributed by atoms with van der Waals surface area (Å²) in [6, 6.07) is 5.01. The number of hydrogen-bond acceptors (Lipinski definition) is 2. The monoisotopic (exact) mass is 255 g/mol. The van der Waals surface area contributed by atoms with Crippen molar-refractivity contribution >= 4 is 0 Å². The van der Waals surface area contributed by atoms with Gasteiger partial charge in [-0.05, 0) is 13.0 Å². The maximum atomic E-state index is 12.8. The highest BCUT2D eigenvalue weighted by atomic mass is 19.4. The molecule has 0 amide bonds. The second-order valence-corrected chi connectivity index (χ2v) is 4.01. The molecule has 0 aliphatic carbocycles. The van der Waals surface area contributed by atoms with Crippen molar-refractivity contribution in [1.29, 1.82) is 0 Å². The molecule has 96 valence electrons. The Balaban J connectivity index is 2.50. The van der Waals surface area contributed by atoms with E-state index >= 15 is 0 Å². The Labute approximate surface area is 102 Å². The number of nitrogens with zero attached hydrogens (tertiary/aromatic N) is 1. The van der Waals surface area contributed by atoms with Gasteiger partial charge in [0.25, 0.3) is 0 Å². The molecule has 0 aliphatic heterocycles. The quantitative estimate of drug-likeness (QED) is 0.866. The van der Waals surface area contributed by atoms with Crippen LogP contribution in [0.4, 0.5) is 13.2 Å². The van der Waals surface area contributed by atoms with Crippen LogP contribution in [0.3, 0.4) is 0 Å². The van der Waals surface area contributed by atoms with Gasteiger partial charge >= 0.3 is 6.18 Å². The van der Waals surface area contributed by atoms with Crippen LogP contribution in [0.25, 0.3) is 11.3 Å². The molecule has 1 unspecified atom stereocenters. The predicted octanol–water partition coefficient (Wildman–Crippen LogP) is 3.12. The Bertz CT molecular complexity index is 543. The van der Waals surface area contributed by atoms with Gasteiger partial charge in [-0.1, -0.05) is 18.2 Å². The van der Waals surface area contributed by atoms with Crippen LogP contribution in [0.5, 0.6) is 0 Å². The number of nitrogens with two attached hydrogens (primary N) is 1. The molecule has 1 atom stereocenters. The Morgan fingerprint density at radius 2 is 1.94 bits per heavy atom. The standard InChI is InChI=1S/C12H12F3N3/c1-7(16)11-17-6-10(18-11)8-4-2-3-5-9(8)12(13,14)15/h2-7H,16H2,1H3,(H,17,18). The van der Waals surface area contributed by atoms with Crippen LogP contribution >= 0.6 is 0 Å². The van der Waals surface area contributed by atoms with E-state index in [4.69, 9.17) is 5.73 Å². The number of benzene rings is 1. The van der Waals surface area contributed by atoms with Crippen molar-refractivity contribution in [2.75, 3.05) is 0 Å². The Hall–Kier alpha value is -1.82. The number of H-pyrrole nitrogens is 1. The molecule has 6 heteroatoms. The highest BCUT2D eigenvalue weighted by Gasteiger charge is 2.33. The van der Waals surface area contributed by atoms with Crippen LogP contribution in [-0.4, -0.2) is 9.97 Å². The lowest BCUT2D eigenvalue weighted by molar-refractivity contribution is -0.137. The first-order valence-corrected chi connectivity index (χ1v) is 5.36. The Morgan fingerprint density at radius 1 is 1.28 bits per heavy atom. The number of aromatic nitrogens is 2. The highest BCUT2D eigenvalue weighted by Crippen LogP contribution is 2.36. The van der Waals surface area contributed by atoms with E-state index in [-0.39, 0.29) is 11.6 Å². The van der Waals surface area contributed by atoms with E-state index < -0.39 is 11.7 Å². The topological polar surface area (TPSA) is 54.7 Å². The van der Waals surface area contributed by atoms with Gasteiger partial charge in [0.2, 0.25) is 0 Å². The first kappa shape index (κ1) is 12.6. The van der Waals surface area contributed by atoms with Crippen molar-refractivity contribution in [3.8, 4) is 11.3 Å². The summed E-state index contributed by atoms with van der Waals surface area (Å²) < 4.78 is 38.5. The Kier molecular flexibility index (Phi) is 3.13. The molecule has 0 fully saturated rings. The van der Waals surface area contributed by atoms with E-state index in [0.717, 1.165) is 6.07 Å². The molecule has 1 aromatic heterocycles. The van der Waals surface area contributed by atoms with E-state index in [1.807, 2.05) is 0 Å². The fraction of sp³-hybridized carbons (Fsp3) is 0.250. The van der Waals surface area contributed by atoms with Crippen LogP contribution in [-0.2, 0) is 6.18 Å². The molecule has 1 heterocycles.